The maximum absolute atomic E-state index is 13.3. The van der Waals surface area contributed by atoms with Crippen LogP contribution < -0.4 is 0 Å². The molecule has 0 aromatic rings. The molecule has 0 heterocycles. The van der Waals surface area contributed by atoms with Crippen LogP contribution in [0.15, 0.2) is 0 Å². The molecular weight excluding hydrogens is 889 g/mol. The Kier molecular flexibility index (Phi) is 34.3. The standard InChI is InChI=1S/C50H102O18/c1-19-37-38-39-40-41-42(52-20-2)43(53-21-3,54-22-4)44(55-23-5,56-24-6)45(57-25-7,58-26-8)46(59-27-9,60-28-10)47(61-29-11,62-30-12)48(63-31-13,64-32-14)49(65-33-15,66-34-16)50(51,67-35-17)68-36-18/h42,51H,19-41H2,1-18H3. The van der Waals surface area contributed by atoms with Crippen molar-refractivity contribution in [1.29, 1.82) is 0 Å². The highest BCUT2D eigenvalue weighted by molar-refractivity contribution is 5.22. The Morgan fingerprint density at radius 1 is 0.265 bits per heavy atom. The van der Waals surface area contributed by atoms with Crippen molar-refractivity contribution in [3.05, 3.63) is 0 Å². The molecule has 0 rings (SSSR count). The zero-order chi connectivity index (χ0) is 51.9. The highest BCUT2D eigenvalue weighted by Crippen LogP contribution is 2.63. The quantitative estimate of drug-likeness (QED) is 0.0451. The van der Waals surface area contributed by atoms with Gasteiger partial charge in [-0.15, -0.1) is 0 Å². The topological polar surface area (TPSA) is 177 Å². The third-order valence-electron chi connectivity index (χ3n) is 11.0. The van der Waals surface area contributed by atoms with Crippen LogP contribution in [0.25, 0.3) is 0 Å². The Morgan fingerprint density at radius 3 is 0.794 bits per heavy atom. The highest BCUT2D eigenvalue weighted by atomic mass is 16.9. The summed E-state index contributed by atoms with van der Waals surface area (Å²) >= 11 is 0. The van der Waals surface area contributed by atoms with Gasteiger partial charge >= 0.3 is 11.8 Å². The Balaban J connectivity index is 10.8. The normalized spacial score (nSPS) is 14.3. The largest absolute Gasteiger partial charge is 0.373 e. The van der Waals surface area contributed by atoms with E-state index < -0.39 is 52.6 Å². The molecule has 0 amide bonds. The minimum Gasteiger partial charge on any atom is -0.373 e. The van der Waals surface area contributed by atoms with Gasteiger partial charge in [-0.05, 0) is 124 Å². The van der Waals surface area contributed by atoms with E-state index in [1.807, 2.05) is 34.6 Å². The van der Waals surface area contributed by atoms with Gasteiger partial charge in [-0.1, -0.05) is 39.0 Å². The van der Waals surface area contributed by atoms with Crippen LogP contribution in [0.1, 0.15) is 163 Å². The van der Waals surface area contributed by atoms with E-state index in [-0.39, 0.29) is 112 Å². The van der Waals surface area contributed by atoms with E-state index >= 15 is 0 Å². The molecule has 0 aliphatic heterocycles. The zero-order valence-corrected chi connectivity index (χ0v) is 46.2. The van der Waals surface area contributed by atoms with E-state index in [0.29, 0.717) is 6.42 Å². The first-order valence-electron chi connectivity index (χ1n) is 26.3. The Hall–Kier alpha value is -0.720. The second kappa shape index (κ2) is 34.7. The average Bonchev–Trinajstić information content (AvgIpc) is 3.30. The fourth-order valence-corrected chi connectivity index (χ4v) is 9.48. The summed E-state index contributed by atoms with van der Waals surface area (Å²) < 4.78 is 120. The molecule has 0 spiro atoms. The highest BCUT2D eigenvalue weighted by Gasteiger charge is 2.93. The van der Waals surface area contributed by atoms with Crippen LogP contribution in [0.2, 0.25) is 0 Å². The Morgan fingerprint density at radius 2 is 0.515 bits per heavy atom. The Labute approximate surface area is 412 Å². The number of rotatable bonds is 48. The Bertz CT molecular complexity index is 1180. The van der Waals surface area contributed by atoms with E-state index in [2.05, 4.69) is 6.92 Å². The fraction of sp³-hybridized carbons (Fsp3) is 1.00. The van der Waals surface area contributed by atoms with Crippen LogP contribution in [-0.4, -0.2) is 170 Å². The second-order valence-electron chi connectivity index (χ2n) is 15.0. The average molecular weight is 991 g/mol. The zero-order valence-electron chi connectivity index (χ0n) is 46.2. The molecule has 1 unspecified atom stereocenters. The van der Waals surface area contributed by atoms with Gasteiger partial charge in [-0.25, -0.2) is 0 Å². The molecule has 0 fully saturated rings. The molecule has 18 heteroatoms. The predicted molar refractivity (Wildman–Crippen MR) is 259 cm³/mol. The molecular formula is C50H102O18. The van der Waals surface area contributed by atoms with E-state index in [0.717, 1.165) is 32.1 Å². The van der Waals surface area contributed by atoms with Crippen molar-refractivity contribution >= 4 is 0 Å². The third kappa shape index (κ3) is 13.3. The summed E-state index contributed by atoms with van der Waals surface area (Å²) in [7, 11) is 0. The van der Waals surface area contributed by atoms with Gasteiger partial charge in [0.15, 0.2) is 0 Å². The molecule has 1 N–H and O–H groups in total. The van der Waals surface area contributed by atoms with Gasteiger partial charge < -0.3 is 85.6 Å². The smallest absolute Gasteiger partial charge is 0.344 e. The number of ether oxygens (including phenoxy) is 17. The molecule has 18 nitrogen and oxygen atoms in total. The number of unbranched alkanes of at least 4 members (excludes halogenated alkanes) is 4. The van der Waals surface area contributed by atoms with Crippen molar-refractivity contribution in [2.75, 3.05) is 112 Å². The molecule has 0 saturated carbocycles. The van der Waals surface area contributed by atoms with Gasteiger partial charge in [-0.2, -0.15) is 0 Å². The fourth-order valence-electron chi connectivity index (χ4n) is 9.48. The molecule has 0 aliphatic carbocycles. The van der Waals surface area contributed by atoms with Gasteiger partial charge in [-0.3, -0.25) is 0 Å². The van der Waals surface area contributed by atoms with Crippen molar-refractivity contribution in [3.8, 4) is 0 Å². The summed E-state index contributed by atoms with van der Waals surface area (Å²) in [6, 6.07) is 0. The van der Waals surface area contributed by atoms with Crippen LogP contribution in [0.4, 0.5) is 0 Å². The molecule has 0 radical (unpaired) electrons. The number of hydrogen-bond acceptors (Lipinski definition) is 18. The van der Waals surface area contributed by atoms with Crippen molar-refractivity contribution in [2.45, 2.75) is 216 Å². The van der Waals surface area contributed by atoms with E-state index in [4.69, 9.17) is 80.5 Å². The first kappa shape index (κ1) is 67.3. The summed E-state index contributed by atoms with van der Waals surface area (Å²) in [5.74, 6) is -21.0. The minimum absolute atomic E-state index is 0.0396. The summed E-state index contributed by atoms with van der Waals surface area (Å²) in [5.41, 5.74) is 0. The summed E-state index contributed by atoms with van der Waals surface area (Å²) in [6.45, 7) is 31.0. The monoisotopic (exact) mass is 991 g/mol. The molecule has 410 valence electrons. The molecule has 0 aromatic carbocycles. The van der Waals surface area contributed by atoms with Crippen molar-refractivity contribution < 1.29 is 85.6 Å². The van der Waals surface area contributed by atoms with Gasteiger partial charge in [0.05, 0.1) is 0 Å². The summed E-state index contributed by atoms with van der Waals surface area (Å²) in [5, 5.41) is 13.3. The van der Waals surface area contributed by atoms with E-state index in [1.165, 1.54) is 0 Å². The second-order valence-corrected chi connectivity index (χ2v) is 15.0. The molecule has 68 heavy (non-hydrogen) atoms. The van der Waals surface area contributed by atoms with E-state index in [9.17, 15) is 5.11 Å². The molecule has 0 saturated heterocycles. The van der Waals surface area contributed by atoms with Crippen molar-refractivity contribution in [2.24, 2.45) is 0 Å². The van der Waals surface area contributed by atoms with Crippen LogP contribution >= 0.6 is 0 Å². The predicted octanol–water partition coefficient (Wildman–Crippen LogP) is 8.86. The van der Waals surface area contributed by atoms with Gasteiger partial charge in [0.2, 0.25) is 0 Å². The lowest BCUT2D eigenvalue weighted by Crippen LogP contribution is -2.93. The molecule has 1 atom stereocenters. The molecule has 0 aliphatic rings. The molecule has 0 aromatic heterocycles. The summed E-state index contributed by atoms with van der Waals surface area (Å²) in [6.07, 6.45) is 4.33. The van der Waals surface area contributed by atoms with Crippen LogP contribution in [0.5, 0.6) is 0 Å². The van der Waals surface area contributed by atoms with Crippen LogP contribution in [0.3, 0.4) is 0 Å². The van der Waals surface area contributed by atoms with Crippen molar-refractivity contribution in [1.82, 2.24) is 0 Å². The maximum atomic E-state index is 13.3. The lowest BCUT2D eigenvalue weighted by molar-refractivity contribution is -0.631. The number of aliphatic hydroxyl groups is 1. The minimum atomic E-state index is -2.86. The molecule has 0 bridgehead atoms. The summed E-state index contributed by atoms with van der Waals surface area (Å²) in [4.78, 5) is 0. The van der Waals surface area contributed by atoms with Crippen LogP contribution in [0, 0.1) is 0 Å². The van der Waals surface area contributed by atoms with Gasteiger partial charge in [0.25, 0.3) is 34.7 Å². The first-order valence-corrected chi connectivity index (χ1v) is 26.3. The number of hydrogen-bond donors (Lipinski definition) is 1. The first-order chi connectivity index (χ1) is 32.7. The van der Waals surface area contributed by atoms with Gasteiger partial charge in [0.1, 0.15) is 6.10 Å². The lowest BCUT2D eigenvalue weighted by atomic mass is 9.74. The van der Waals surface area contributed by atoms with Gasteiger partial charge in [0, 0.05) is 112 Å². The van der Waals surface area contributed by atoms with E-state index in [1.54, 1.807) is 83.1 Å². The maximum Gasteiger partial charge on any atom is 0.344 e. The SMILES string of the molecule is CCCCCCCC(OCC)C(OCC)(OCC)C(OCC)(OCC)C(OCC)(OCC)C(OCC)(OCC)C(OCC)(OCC)C(OCC)(OCC)C(OCC)(OCC)C(O)(OCC)OCC. The van der Waals surface area contributed by atoms with Crippen LogP contribution in [-0.2, 0) is 80.5 Å². The lowest BCUT2D eigenvalue weighted by Gasteiger charge is -2.67. The van der Waals surface area contributed by atoms with Crippen molar-refractivity contribution in [3.63, 3.8) is 0 Å². The third-order valence-corrected chi connectivity index (χ3v) is 11.0.